The van der Waals surface area contributed by atoms with Crippen LogP contribution in [0.25, 0.3) is 0 Å². The second kappa shape index (κ2) is 7.00. The van der Waals surface area contributed by atoms with Crippen LogP contribution >= 0.6 is 27.3 Å². The topological polar surface area (TPSA) is 44.7 Å². The number of aromatic hydroxyl groups is 1. The molecule has 3 rings (SSSR count). The lowest BCUT2D eigenvalue weighted by Gasteiger charge is -2.35. The molecule has 2 aromatic rings. The van der Waals surface area contributed by atoms with E-state index in [9.17, 15) is 5.11 Å². The average molecular weight is 383 g/mol. The summed E-state index contributed by atoms with van der Waals surface area (Å²) in [4.78, 5) is 3.63. The van der Waals surface area contributed by atoms with E-state index in [-0.39, 0.29) is 11.8 Å². The number of ether oxygens (including phenoxy) is 1. The molecule has 1 aliphatic rings. The van der Waals surface area contributed by atoms with Gasteiger partial charge in [-0.1, -0.05) is 22.0 Å². The van der Waals surface area contributed by atoms with Crippen molar-refractivity contribution in [1.29, 1.82) is 0 Å². The van der Waals surface area contributed by atoms with Gasteiger partial charge in [-0.15, -0.1) is 11.3 Å². The van der Waals surface area contributed by atoms with E-state index >= 15 is 0 Å². The molecule has 2 heterocycles. The van der Waals surface area contributed by atoms with Gasteiger partial charge in [0.15, 0.2) is 11.5 Å². The van der Waals surface area contributed by atoms with Gasteiger partial charge < -0.3 is 15.2 Å². The van der Waals surface area contributed by atoms with Crippen LogP contribution < -0.4 is 10.1 Å². The first-order valence-electron chi connectivity index (χ1n) is 7.26. The molecule has 118 valence electrons. The Balaban J connectivity index is 2.10. The molecule has 22 heavy (non-hydrogen) atoms. The molecule has 2 N–H and O–H groups in total. The Bertz CT molecular complexity index is 627. The lowest BCUT2D eigenvalue weighted by Crippen LogP contribution is -2.45. The van der Waals surface area contributed by atoms with Gasteiger partial charge in [0.05, 0.1) is 13.2 Å². The van der Waals surface area contributed by atoms with E-state index in [0.717, 1.165) is 36.2 Å². The predicted molar refractivity (Wildman–Crippen MR) is 93.0 cm³/mol. The van der Waals surface area contributed by atoms with Gasteiger partial charge in [0.25, 0.3) is 0 Å². The molecule has 0 spiro atoms. The van der Waals surface area contributed by atoms with Gasteiger partial charge in [0.1, 0.15) is 0 Å². The van der Waals surface area contributed by atoms with Crippen molar-refractivity contribution in [1.82, 2.24) is 10.2 Å². The molecular formula is C16H19BrN2O2S. The summed E-state index contributed by atoms with van der Waals surface area (Å²) in [6.45, 7) is 3.83. The standard InChI is InChI=1S/C16H19BrN2O2S/c1-21-12-5-4-11(17)14(16(12)20)15(13-3-2-10-22-13)19-8-6-18-7-9-19/h2-5,10,15,18,20H,6-9H2,1H3/t15-/m0/s1. The molecule has 0 aliphatic carbocycles. The molecule has 0 radical (unpaired) electrons. The zero-order valence-electron chi connectivity index (χ0n) is 12.4. The minimum Gasteiger partial charge on any atom is -0.504 e. The number of nitrogens with one attached hydrogen (secondary N) is 1. The second-order valence-electron chi connectivity index (χ2n) is 5.22. The molecule has 4 nitrogen and oxygen atoms in total. The van der Waals surface area contributed by atoms with E-state index in [1.807, 2.05) is 6.07 Å². The first-order chi connectivity index (χ1) is 10.7. The summed E-state index contributed by atoms with van der Waals surface area (Å²) in [5.41, 5.74) is 0.878. The third kappa shape index (κ3) is 3.01. The molecule has 1 aromatic carbocycles. The molecular weight excluding hydrogens is 364 g/mol. The van der Waals surface area contributed by atoms with E-state index in [1.165, 1.54) is 4.88 Å². The van der Waals surface area contributed by atoms with E-state index in [4.69, 9.17) is 4.74 Å². The Labute approximate surface area is 142 Å². The number of piperazine rings is 1. The van der Waals surface area contributed by atoms with Gasteiger partial charge in [-0.05, 0) is 23.6 Å². The van der Waals surface area contributed by atoms with Crippen LogP contribution in [0.15, 0.2) is 34.1 Å². The molecule has 0 unspecified atom stereocenters. The van der Waals surface area contributed by atoms with Crippen LogP contribution in [0.2, 0.25) is 0 Å². The number of halogens is 1. The monoisotopic (exact) mass is 382 g/mol. The Morgan fingerprint density at radius 2 is 2.09 bits per heavy atom. The smallest absolute Gasteiger partial charge is 0.164 e. The maximum absolute atomic E-state index is 10.7. The number of methoxy groups -OCH3 is 1. The summed E-state index contributed by atoms with van der Waals surface area (Å²) >= 11 is 5.33. The Kier molecular flexibility index (Phi) is 5.03. The largest absolute Gasteiger partial charge is 0.504 e. The predicted octanol–water partition coefficient (Wildman–Crippen LogP) is 3.22. The van der Waals surface area contributed by atoms with Crippen molar-refractivity contribution in [2.45, 2.75) is 6.04 Å². The van der Waals surface area contributed by atoms with Crippen LogP contribution in [-0.4, -0.2) is 43.3 Å². The van der Waals surface area contributed by atoms with Crippen LogP contribution in [0.1, 0.15) is 16.5 Å². The number of phenolic OH excluding ortho intramolecular Hbond substituents is 1. The van der Waals surface area contributed by atoms with Crippen molar-refractivity contribution >= 4 is 27.3 Å². The van der Waals surface area contributed by atoms with E-state index in [2.05, 4.69) is 43.7 Å². The van der Waals surface area contributed by atoms with Crippen molar-refractivity contribution in [3.05, 3.63) is 44.6 Å². The summed E-state index contributed by atoms with van der Waals surface area (Å²) in [7, 11) is 1.58. The third-order valence-corrected chi connectivity index (χ3v) is 5.57. The highest BCUT2D eigenvalue weighted by Crippen LogP contribution is 2.44. The highest BCUT2D eigenvalue weighted by Gasteiger charge is 2.30. The number of thiophene rings is 1. The van der Waals surface area contributed by atoms with Crippen LogP contribution in [0.3, 0.4) is 0 Å². The van der Waals surface area contributed by atoms with Gasteiger partial charge in [-0.25, -0.2) is 0 Å². The normalized spacial score (nSPS) is 17.4. The van der Waals surface area contributed by atoms with Gasteiger partial charge >= 0.3 is 0 Å². The fourth-order valence-electron chi connectivity index (χ4n) is 2.88. The molecule has 0 amide bonds. The molecule has 1 fully saturated rings. The van der Waals surface area contributed by atoms with Crippen molar-refractivity contribution < 1.29 is 9.84 Å². The van der Waals surface area contributed by atoms with Crippen LogP contribution in [-0.2, 0) is 0 Å². The molecule has 1 saturated heterocycles. The molecule has 0 bridgehead atoms. The van der Waals surface area contributed by atoms with Crippen LogP contribution in [0.4, 0.5) is 0 Å². The van der Waals surface area contributed by atoms with Gasteiger partial charge in [-0.2, -0.15) is 0 Å². The van der Waals surface area contributed by atoms with Gasteiger partial charge in [0.2, 0.25) is 0 Å². The zero-order valence-corrected chi connectivity index (χ0v) is 14.8. The summed E-state index contributed by atoms with van der Waals surface area (Å²) < 4.78 is 6.20. The highest BCUT2D eigenvalue weighted by atomic mass is 79.9. The fraction of sp³-hybridized carbons (Fsp3) is 0.375. The van der Waals surface area contributed by atoms with E-state index in [0.29, 0.717) is 5.75 Å². The summed E-state index contributed by atoms with van der Waals surface area (Å²) in [6, 6.07) is 7.94. The maximum atomic E-state index is 10.7. The molecule has 6 heteroatoms. The molecule has 1 atom stereocenters. The fourth-order valence-corrected chi connectivity index (χ4v) is 4.28. The number of hydrogen-bond donors (Lipinski definition) is 2. The third-order valence-electron chi connectivity index (χ3n) is 3.95. The first kappa shape index (κ1) is 15.8. The summed E-state index contributed by atoms with van der Waals surface area (Å²) in [5.74, 6) is 0.726. The Morgan fingerprint density at radius 3 is 2.73 bits per heavy atom. The SMILES string of the molecule is COc1ccc(Br)c([C@H](c2cccs2)N2CCNCC2)c1O. The van der Waals surface area contributed by atoms with Crippen LogP contribution in [0.5, 0.6) is 11.5 Å². The number of benzene rings is 1. The lowest BCUT2D eigenvalue weighted by molar-refractivity contribution is 0.197. The number of hydrogen-bond acceptors (Lipinski definition) is 5. The van der Waals surface area contributed by atoms with E-state index in [1.54, 1.807) is 24.5 Å². The first-order valence-corrected chi connectivity index (χ1v) is 8.93. The highest BCUT2D eigenvalue weighted by molar-refractivity contribution is 9.10. The van der Waals surface area contributed by atoms with Crippen molar-refractivity contribution in [2.75, 3.05) is 33.3 Å². The summed E-state index contributed by atoms with van der Waals surface area (Å²) in [6.07, 6.45) is 0. The van der Waals surface area contributed by atoms with Crippen molar-refractivity contribution in [3.8, 4) is 11.5 Å². The minimum atomic E-state index is 0.0339. The minimum absolute atomic E-state index is 0.0339. The average Bonchev–Trinajstić information content (AvgIpc) is 3.06. The van der Waals surface area contributed by atoms with Gasteiger partial charge in [-0.3, -0.25) is 4.90 Å². The van der Waals surface area contributed by atoms with Crippen LogP contribution in [0, 0.1) is 0 Å². The molecule has 0 saturated carbocycles. The van der Waals surface area contributed by atoms with E-state index < -0.39 is 0 Å². The Hall–Kier alpha value is -1.08. The maximum Gasteiger partial charge on any atom is 0.164 e. The molecule has 1 aliphatic heterocycles. The number of nitrogens with zero attached hydrogens (tertiary/aromatic N) is 1. The second-order valence-corrected chi connectivity index (χ2v) is 7.05. The van der Waals surface area contributed by atoms with Gasteiger partial charge in [0, 0.05) is 41.1 Å². The Morgan fingerprint density at radius 1 is 1.32 bits per heavy atom. The van der Waals surface area contributed by atoms with Crippen molar-refractivity contribution in [2.24, 2.45) is 0 Å². The summed E-state index contributed by atoms with van der Waals surface area (Å²) in [5, 5.41) is 16.1. The molecule has 1 aromatic heterocycles. The lowest BCUT2D eigenvalue weighted by atomic mass is 10.0. The zero-order chi connectivity index (χ0) is 15.5. The number of phenols is 1. The quantitative estimate of drug-likeness (QED) is 0.851. The number of rotatable bonds is 4. The van der Waals surface area contributed by atoms with Crippen molar-refractivity contribution in [3.63, 3.8) is 0 Å².